The number of ether oxygens (including phenoxy) is 1. The van der Waals surface area contributed by atoms with Crippen LogP contribution in [0.25, 0.3) is 0 Å². The zero-order valence-electron chi connectivity index (χ0n) is 11.9. The van der Waals surface area contributed by atoms with E-state index in [0.29, 0.717) is 5.56 Å². The van der Waals surface area contributed by atoms with Crippen LogP contribution in [0.4, 0.5) is 5.69 Å². The van der Waals surface area contributed by atoms with Crippen LogP contribution in [0.1, 0.15) is 37.0 Å². The second-order valence-electron chi connectivity index (χ2n) is 4.66. The first-order valence-electron chi connectivity index (χ1n) is 6.67. The average Bonchev–Trinajstić information content (AvgIpc) is 2.38. The molecule has 3 nitrogen and oxygen atoms in total. The van der Waals surface area contributed by atoms with Crippen LogP contribution in [-0.4, -0.2) is 30.6 Å². The number of anilines is 1. The Morgan fingerprint density at radius 3 is 2.53 bits per heavy atom. The Morgan fingerprint density at radius 2 is 1.95 bits per heavy atom. The van der Waals surface area contributed by atoms with E-state index in [2.05, 4.69) is 11.6 Å². The Bertz CT molecular complexity index is 376. The number of hydrogen-bond acceptors (Lipinski definition) is 4. The van der Waals surface area contributed by atoms with Gasteiger partial charge >= 0.3 is 5.97 Å². The summed E-state index contributed by atoms with van der Waals surface area (Å²) in [6.45, 7) is 4.67. The van der Waals surface area contributed by atoms with Gasteiger partial charge in [0.1, 0.15) is 0 Å². The molecule has 0 aliphatic heterocycles. The normalized spacial score (nSPS) is 10.5. The molecular formula is C15H23NO2S. The van der Waals surface area contributed by atoms with Crippen LogP contribution in [0, 0.1) is 0 Å². The van der Waals surface area contributed by atoms with Crippen LogP contribution in [0.3, 0.4) is 0 Å². The summed E-state index contributed by atoms with van der Waals surface area (Å²) >= 11 is 1.88. The molecule has 4 heteroatoms. The molecule has 1 aromatic carbocycles. The highest BCUT2D eigenvalue weighted by atomic mass is 32.2. The summed E-state index contributed by atoms with van der Waals surface area (Å²) in [4.78, 5) is 11.7. The summed E-state index contributed by atoms with van der Waals surface area (Å²) in [7, 11) is 0. The summed E-state index contributed by atoms with van der Waals surface area (Å²) < 4.78 is 5.14. The van der Waals surface area contributed by atoms with Gasteiger partial charge in [0.25, 0.3) is 0 Å². The van der Waals surface area contributed by atoms with E-state index in [0.717, 1.165) is 18.7 Å². The van der Waals surface area contributed by atoms with Gasteiger partial charge in [-0.3, -0.25) is 0 Å². The van der Waals surface area contributed by atoms with E-state index in [4.69, 9.17) is 4.74 Å². The van der Waals surface area contributed by atoms with Gasteiger partial charge in [-0.15, -0.1) is 0 Å². The fraction of sp³-hybridized carbons (Fsp3) is 0.533. The Hall–Kier alpha value is -1.16. The van der Waals surface area contributed by atoms with Crippen molar-refractivity contribution in [1.82, 2.24) is 0 Å². The molecule has 0 amide bonds. The largest absolute Gasteiger partial charge is 0.459 e. The smallest absolute Gasteiger partial charge is 0.338 e. The van der Waals surface area contributed by atoms with Crippen molar-refractivity contribution in [2.24, 2.45) is 0 Å². The second-order valence-corrected chi connectivity index (χ2v) is 5.64. The van der Waals surface area contributed by atoms with Crippen LogP contribution in [-0.2, 0) is 4.74 Å². The molecule has 0 radical (unpaired) electrons. The lowest BCUT2D eigenvalue weighted by Gasteiger charge is -2.09. The molecule has 0 unspecified atom stereocenters. The van der Waals surface area contributed by atoms with Crippen molar-refractivity contribution in [2.45, 2.75) is 32.8 Å². The van der Waals surface area contributed by atoms with Crippen molar-refractivity contribution in [3.8, 4) is 0 Å². The maximum Gasteiger partial charge on any atom is 0.338 e. The lowest BCUT2D eigenvalue weighted by Crippen LogP contribution is -2.11. The maximum absolute atomic E-state index is 11.7. The molecule has 0 aromatic heterocycles. The van der Waals surface area contributed by atoms with Crippen LogP contribution in [0.5, 0.6) is 0 Å². The summed E-state index contributed by atoms with van der Waals surface area (Å²) in [5, 5.41) is 3.35. The van der Waals surface area contributed by atoms with Gasteiger partial charge in [-0.25, -0.2) is 4.79 Å². The Labute approximate surface area is 120 Å². The topological polar surface area (TPSA) is 38.3 Å². The van der Waals surface area contributed by atoms with Gasteiger partial charge in [-0.05, 0) is 63.0 Å². The third-order valence-corrected chi connectivity index (χ3v) is 3.26. The first-order chi connectivity index (χ1) is 9.13. The minimum Gasteiger partial charge on any atom is -0.459 e. The van der Waals surface area contributed by atoms with Gasteiger partial charge in [0, 0.05) is 12.2 Å². The van der Waals surface area contributed by atoms with Crippen LogP contribution >= 0.6 is 11.8 Å². The second kappa shape index (κ2) is 8.86. The number of unbranched alkanes of at least 4 members (excludes halogenated alkanes) is 1. The van der Waals surface area contributed by atoms with E-state index in [1.807, 2.05) is 37.7 Å². The predicted molar refractivity (Wildman–Crippen MR) is 83.1 cm³/mol. The number of benzene rings is 1. The van der Waals surface area contributed by atoms with E-state index in [1.165, 1.54) is 12.2 Å². The van der Waals surface area contributed by atoms with E-state index < -0.39 is 0 Å². The summed E-state index contributed by atoms with van der Waals surface area (Å²) in [5.41, 5.74) is 1.65. The highest BCUT2D eigenvalue weighted by Crippen LogP contribution is 2.11. The van der Waals surface area contributed by atoms with Crippen LogP contribution in [0.2, 0.25) is 0 Å². The maximum atomic E-state index is 11.7. The number of carbonyl (C=O) groups is 1. The summed E-state index contributed by atoms with van der Waals surface area (Å²) in [5.74, 6) is 0.947. The third kappa shape index (κ3) is 6.53. The van der Waals surface area contributed by atoms with Gasteiger partial charge in [0.15, 0.2) is 0 Å². The zero-order valence-corrected chi connectivity index (χ0v) is 12.8. The van der Waals surface area contributed by atoms with Crippen molar-refractivity contribution in [1.29, 1.82) is 0 Å². The SMILES string of the molecule is CSCCCCNc1ccc(C(=O)OC(C)C)cc1. The molecule has 1 N–H and O–H groups in total. The highest BCUT2D eigenvalue weighted by Gasteiger charge is 2.08. The standard InChI is InChI=1S/C15H23NO2S/c1-12(2)18-15(17)13-6-8-14(9-7-13)16-10-4-5-11-19-3/h6-9,12,16H,4-5,10-11H2,1-3H3. The number of hydrogen-bond donors (Lipinski definition) is 1. The average molecular weight is 281 g/mol. The van der Waals surface area contributed by atoms with Crippen LogP contribution in [0.15, 0.2) is 24.3 Å². The van der Waals surface area contributed by atoms with E-state index in [-0.39, 0.29) is 12.1 Å². The van der Waals surface area contributed by atoms with E-state index >= 15 is 0 Å². The number of carbonyl (C=O) groups excluding carboxylic acids is 1. The van der Waals surface area contributed by atoms with Crippen molar-refractivity contribution in [2.75, 3.05) is 23.9 Å². The molecule has 19 heavy (non-hydrogen) atoms. The van der Waals surface area contributed by atoms with Crippen molar-refractivity contribution >= 4 is 23.4 Å². The van der Waals surface area contributed by atoms with Gasteiger partial charge in [-0.2, -0.15) is 11.8 Å². The molecule has 1 aromatic rings. The monoisotopic (exact) mass is 281 g/mol. The van der Waals surface area contributed by atoms with Crippen molar-refractivity contribution < 1.29 is 9.53 Å². The third-order valence-electron chi connectivity index (χ3n) is 2.57. The van der Waals surface area contributed by atoms with Gasteiger partial charge in [0.2, 0.25) is 0 Å². The number of nitrogens with one attached hydrogen (secondary N) is 1. The first-order valence-corrected chi connectivity index (χ1v) is 8.06. The molecular weight excluding hydrogens is 258 g/mol. The summed E-state index contributed by atoms with van der Waals surface area (Å²) in [6.07, 6.45) is 4.44. The quantitative estimate of drug-likeness (QED) is 0.581. The molecule has 0 saturated heterocycles. The Morgan fingerprint density at radius 1 is 1.26 bits per heavy atom. The lowest BCUT2D eigenvalue weighted by molar-refractivity contribution is 0.0378. The fourth-order valence-electron chi connectivity index (χ4n) is 1.61. The lowest BCUT2D eigenvalue weighted by atomic mass is 10.2. The minimum atomic E-state index is -0.262. The number of thioether (sulfide) groups is 1. The number of esters is 1. The molecule has 0 aliphatic carbocycles. The summed E-state index contributed by atoms with van der Waals surface area (Å²) in [6, 6.07) is 7.45. The predicted octanol–water partition coefficient (Wildman–Crippen LogP) is 3.81. The van der Waals surface area contributed by atoms with Gasteiger partial charge in [0.05, 0.1) is 11.7 Å². The van der Waals surface area contributed by atoms with E-state index in [1.54, 1.807) is 12.1 Å². The van der Waals surface area contributed by atoms with Crippen molar-refractivity contribution in [3.63, 3.8) is 0 Å². The molecule has 1 rings (SSSR count). The molecule has 0 spiro atoms. The Kier molecular flexibility index (Phi) is 7.41. The van der Waals surface area contributed by atoms with Gasteiger partial charge < -0.3 is 10.1 Å². The highest BCUT2D eigenvalue weighted by molar-refractivity contribution is 7.98. The molecule has 0 atom stereocenters. The first kappa shape index (κ1) is 15.9. The molecule has 0 heterocycles. The Balaban J connectivity index is 2.37. The van der Waals surface area contributed by atoms with Gasteiger partial charge in [-0.1, -0.05) is 0 Å². The zero-order chi connectivity index (χ0) is 14.1. The molecule has 106 valence electrons. The molecule has 0 saturated carbocycles. The molecule has 0 aliphatic rings. The molecule has 0 fully saturated rings. The van der Waals surface area contributed by atoms with Crippen molar-refractivity contribution in [3.05, 3.63) is 29.8 Å². The van der Waals surface area contributed by atoms with Crippen LogP contribution < -0.4 is 5.32 Å². The van der Waals surface area contributed by atoms with E-state index in [9.17, 15) is 4.79 Å². The number of rotatable bonds is 8. The minimum absolute atomic E-state index is 0.0817. The fourth-order valence-corrected chi connectivity index (χ4v) is 2.10. The molecule has 0 bridgehead atoms.